The summed E-state index contributed by atoms with van der Waals surface area (Å²) in [6.07, 6.45) is 2.52. The van der Waals surface area contributed by atoms with Crippen molar-refractivity contribution >= 4 is 0 Å². The Morgan fingerprint density at radius 2 is 1.77 bits per heavy atom. The van der Waals surface area contributed by atoms with Gasteiger partial charge in [-0.1, -0.05) is 18.8 Å². The van der Waals surface area contributed by atoms with Gasteiger partial charge in [-0.3, -0.25) is 0 Å². The highest BCUT2D eigenvalue weighted by atomic mass is 16.5. The lowest BCUT2D eigenvalue weighted by molar-refractivity contribution is 0.156. The Hall–Kier alpha value is -2.51. The van der Waals surface area contributed by atoms with Crippen LogP contribution in [0.15, 0.2) is 42.6 Å². The highest BCUT2D eigenvalue weighted by Crippen LogP contribution is 2.11. The average molecular weight is 297 g/mol. The van der Waals surface area contributed by atoms with E-state index in [1.54, 1.807) is 36.5 Å². The summed E-state index contributed by atoms with van der Waals surface area (Å²) in [4.78, 5) is 4.20. The number of aliphatic hydroxyl groups is 1. The SMILES string of the molecule is CCC(CO)COc1ccc(C#Cc2ccc(O)cc2)cn1. The molecule has 1 aromatic heterocycles. The molecular formula is C18H19NO3. The van der Waals surface area contributed by atoms with E-state index >= 15 is 0 Å². The lowest BCUT2D eigenvalue weighted by Gasteiger charge is -2.12. The molecule has 2 N–H and O–H groups in total. The molecule has 0 aliphatic carbocycles. The van der Waals surface area contributed by atoms with Crippen molar-refractivity contribution < 1.29 is 14.9 Å². The second-order valence-electron chi connectivity index (χ2n) is 4.95. The van der Waals surface area contributed by atoms with Crippen molar-refractivity contribution in [2.45, 2.75) is 13.3 Å². The summed E-state index contributed by atoms with van der Waals surface area (Å²) in [5.74, 6) is 6.89. The normalized spacial score (nSPS) is 11.4. The molecule has 4 nitrogen and oxygen atoms in total. The minimum atomic E-state index is 0.118. The first-order valence-corrected chi connectivity index (χ1v) is 7.22. The molecule has 1 unspecified atom stereocenters. The summed E-state index contributed by atoms with van der Waals surface area (Å²) < 4.78 is 5.53. The van der Waals surface area contributed by atoms with Gasteiger partial charge in [0.1, 0.15) is 5.75 Å². The third-order valence-electron chi connectivity index (χ3n) is 3.26. The number of hydrogen-bond donors (Lipinski definition) is 2. The molecule has 0 bridgehead atoms. The number of hydrogen-bond acceptors (Lipinski definition) is 4. The molecular weight excluding hydrogens is 278 g/mol. The van der Waals surface area contributed by atoms with E-state index in [0.717, 1.165) is 17.5 Å². The van der Waals surface area contributed by atoms with Gasteiger partial charge in [0.15, 0.2) is 0 Å². The fourth-order valence-electron chi connectivity index (χ4n) is 1.73. The van der Waals surface area contributed by atoms with Crippen molar-refractivity contribution in [1.29, 1.82) is 0 Å². The summed E-state index contributed by atoms with van der Waals surface area (Å²) in [6.45, 7) is 2.59. The first-order valence-electron chi connectivity index (χ1n) is 7.22. The molecule has 4 heteroatoms. The number of pyridine rings is 1. The molecule has 1 heterocycles. The molecule has 0 saturated carbocycles. The standard InChI is InChI=1S/C18H19NO3/c1-2-14(12-20)13-22-18-10-7-16(11-19-18)4-3-15-5-8-17(21)9-6-15/h5-11,14,20-21H,2,12-13H2,1H3. The molecule has 0 fully saturated rings. The predicted octanol–water partition coefficient (Wildman–Crippen LogP) is 2.58. The van der Waals surface area contributed by atoms with E-state index in [9.17, 15) is 5.11 Å². The van der Waals surface area contributed by atoms with E-state index in [4.69, 9.17) is 9.84 Å². The Kier molecular flexibility index (Phi) is 5.81. The minimum Gasteiger partial charge on any atom is -0.508 e. The van der Waals surface area contributed by atoms with Crippen molar-refractivity contribution in [3.63, 3.8) is 0 Å². The van der Waals surface area contributed by atoms with E-state index in [1.807, 2.05) is 13.0 Å². The van der Waals surface area contributed by atoms with Crippen LogP contribution in [0.5, 0.6) is 11.6 Å². The molecule has 0 spiro atoms. The van der Waals surface area contributed by atoms with Crippen molar-refractivity contribution in [3.05, 3.63) is 53.7 Å². The van der Waals surface area contributed by atoms with Crippen LogP contribution in [-0.2, 0) is 0 Å². The van der Waals surface area contributed by atoms with E-state index in [0.29, 0.717) is 12.5 Å². The number of phenols is 1. The number of phenolic OH excluding ortho intramolecular Hbond substituents is 1. The van der Waals surface area contributed by atoms with Crippen molar-refractivity contribution in [2.75, 3.05) is 13.2 Å². The van der Waals surface area contributed by atoms with Crippen LogP contribution in [0.25, 0.3) is 0 Å². The number of ether oxygens (including phenoxy) is 1. The Morgan fingerprint density at radius 1 is 1.09 bits per heavy atom. The molecule has 1 aromatic carbocycles. The van der Waals surface area contributed by atoms with Gasteiger partial charge in [-0.05, 0) is 36.8 Å². The van der Waals surface area contributed by atoms with Crippen LogP contribution in [0.1, 0.15) is 24.5 Å². The van der Waals surface area contributed by atoms with E-state index in [2.05, 4.69) is 16.8 Å². The summed E-state index contributed by atoms with van der Waals surface area (Å²) in [5, 5.41) is 18.3. The van der Waals surface area contributed by atoms with Crippen molar-refractivity contribution in [1.82, 2.24) is 4.98 Å². The summed E-state index contributed by atoms with van der Waals surface area (Å²) in [7, 11) is 0. The average Bonchev–Trinajstić information content (AvgIpc) is 2.56. The lowest BCUT2D eigenvalue weighted by atomic mass is 10.1. The lowest BCUT2D eigenvalue weighted by Crippen LogP contribution is -2.15. The van der Waals surface area contributed by atoms with Crippen LogP contribution in [0.2, 0.25) is 0 Å². The van der Waals surface area contributed by atoms with E-state index in [-0.39, 0.29) is 18.3 Å². The van der Waals surface area contributed by atoms with Crippen LogP contribution < -0.4 is 4.74 Å². The Labute approximate surface area is 130 Å². The van der Waals surface area contributed by atoms with Crippen LogP contribution >= 0.6 is 0 Å². The summed E-state index contributed by atoms with van der Waals surface area (Å²) >= 11 is 0. The molecule has 2 aromatic rings. The molecule has 0 amide bonds. The highest BCUT2D eigenvalue weighted by Gasteiger charge is 2.05. The van der Waals surface area contributed by atoms with E-state index < -0.39 is 0 Å². The van der Waals surface area contributed by atoms with Crippen molar-refractivity contribution in [2.24, 2.45) is 5.92 Å². The van der Waals surface area contributed by atoms with Gasteiger partial charge in [0.05, 0.1) is 6.61 Å². The molecule has 0 saturated heterocycles. The van der Waals surface area contributed by atoms with Gasteiger partial charge in [-0.25, -0.2) is 4.98 Å². The third-order valence-corrected chi connectivity index (χ3v) is 3.26. The number of nitrogens with zero attached hydrogens (tertiary/aromatic N) is 1. The highest BCUT2D eigenvalue weighted by molar-refractivity contribution is 5.43. The zero-order valence-corrected chi connectivity index (χ0v) is 12.5. The third kappa shape index (κ3) is 4.80. The zero-order chi connectivity index (χ0) is 15.8. The predicted molar refractivity (Wildman–Crippen MR) is 84.7 cm³/mol. The number of aliphatic hydroxyl groups excluding tert-OH is 1. The first-order chi connectivity index (χ1) is 10.7. The second-order valence-corrected chi connectivity index (χ2v) is 4.95. The second kappa shape index (κ2) is 8.06. The largest absolute Gasteiger partial charge is 0.508 e. The van der Waals surface area contributed by atoms with Gasteiger partial charge in [0.2, 0.25) is 5.88 Å². The molecule has 0 aliphatic rings. The molecule has 0 radical (unpaired) electrons. The topological polar surface area (TPSA) is 62.6 Å². The van der Waals surface area contributed by atoms with Gasteiger partial charge in [0, 0.05) is 35.9 Å². The monoisotopic (exact) mass is 297 g/mol. The fourth-order valence-corrected chi connectivity index (χ4v) is 1.73. The molecule has 22 heavy (non-hydrogen) atoms. The number of rotatable bonds is 5. The maximum absolute atomic E-state index is 9.21. The molecule has 0 aliphatic heterocycles. The summed E-state index contributed by atoms with van der Waals surface area (Å²) in [5.41, 5.74) is 1.61. The van der Waals surface area contributed by atoms with Crippen molar-refractivity contribution in [3.8, 4) is 23.5 Å². The zero-order valence-electron chi connectivity index (χ0n) is 12.5. The molecule has 1 atom stereocenters. The Balaban J connectivity index is 1.96. The quantitative estimate of drug-likeness (QED) is 0.833. The smallest absolute Gasteiger partial charge is 0.213 e. The molecule has 2 rings (SSSR count). The maximum Gasteiger partial charge on any atom is 0.213 e. The van der Waals surface area contributed by atoms with Crippen LogP contribution in [-0.4, -0.2) is 28.4 Å². The molecule has 114 valence electrons. The van der Waals surface area contributed by atoms with Gasteiger partial charge in [-0.15, -0.1) is 0 Å². The van der Waals surface area contributed by atoms with Crippen LogP contribution in [0, 0.1) is 17.8 Å². The number of aromatic hydroxyl groups is 1. The summed E-state index contributed by atoms with van der Waals surface area (Å²) in [6, 6.07) is 10.3. The Morgan fingerprint density at radius 3 is 2.36 bits per heavy atom. The van der Waals surface area contributed by atoms with E-state index in [1.165, 1.54) is 0 Å². The fraction of sp³-hybridized carbons (Fsp3) is 0.278. The maximum atomic E-state index is 9.21. The Bertz CT molecular complexity index is 635. The van der Waals surface area contributed by atoms with Crippen LogP contribution in [0.3, 0.4) is 0 Å². The number of benzene rings is 1. The van der Waals surface area contributed by atoms with Gasteiger partial charge < -0.3 is 14.9 Å². The van der Waals surface area contributed by atoms with Crippen LogP contribution in [0.4, 0.5) is 0 Å². The first kappa shape index (κ1) is 15.9. The van der Waals surface area contributed by atoms with Gasteiger partial charge >= 0.3 is 0 Å². The van der Waals surface area contributed by atoms with Gasteiger partial charge in [0.25, 0.3) is 0 Å². The van der Waals surface area contributed by atoms with Gasteiger partial charge in [-0.2, -0.15) is 0 Å². The minimum absolute atomic E-state index is 0.118. The number of aromatic nitrogens is 1.